The van der Waals surface area contributed by atoms with Gasteiger partial charge in [0, 0.05) is 0 Å². The van der Waals surface area contributed by atoms with Gasteiger partial charge in [0.05, 0.1) is 0 Å². The molecule has 0 aliphatic heterocycles. The summed E-state index contributed by atoms with van der Waals surface area (Å²) in [7, 11) is 3.68. The molecule has 0 fully saturated rings. The molecule has 6 heteroatoms. The Morgan fingerprint density at radius 3 is 0.548 bits per heavy atom. The van der Waals surface area contributed by atoms with Gasteiger partial charge in [-0.3, -0.25) is 0 Å². The van der Waals surface area contributed by atoms with Gasteiger partial charge in [-0.05, 0) is 47.7 Å². The summed E-state index contributed by atoms with van der Waals surface area (Å²) in [6.45, 7) is 0. The van der Waals surface area contributed by atoms with E-state index in [9.17, 15) is 0 Å². The third-order valence-corrected chi connectivity index (χ3v) is 11.0. The summed E-state index contributed by atoms with van der Waals surface area (Å²) < 4.78 is 0. The maximum atomic E-state index is 7.25. The van der Waals surface area contributed by atoms with Crippen LogP contribution in [0.4, 0.5) is 0 Å². The number of hydrogen-bond acceptors (Lipinski definition) is 1. The van der Waals surface area contributed by atoms with Crippen molar-refractivity contribution in [2.45, 2.75) is 0 Å². The van der Waals surface area contributed by atoms with Gasteiger partial charge >= 0.3 is 27.0 Å². The average molecular weight is 691 g/mol. The van der Waals surface area contributed by atoms with E-state index in [0.717, 1.165) is 0 Å². The Hall–Kier alpha value is -3.31. The van der Waals surface area contributed by atoms with Crippen LogP contribution in [0, 0.1) is 4.91 Å². The van der Waals surface area contributed by atoms with Crippen molar-refractivity contribution in [2.24, 2.45) is 0 Å². The molecule has 0 aliphatic rings. The second-order valence-corrected chi connectivity index (χ2v) is 13.1. The first-order chi connectivity index (χ1) is 20.9. The van der Waals surface area contributed by atoms with Gasteiger partial charge in [-0.1, -0.05) is 182 Å². The van der Waals surface area contributed by atoms with Crippen LogP contribution in [0.2, 0.25) is 0 Å². The van der Waals surface area contributed by atoms with Crippen molar-refractivity contribution >= 4 is 57.4 Å². The smallest absolute Gasteiger partial charge is 0.0134 e. The molecule has 0 spiro atoms. The van der Waals surface area contributed by atoms with E-state index < -0.39 is 15.8 Å². The molecule has 0 N–H and O–H groups in total. The van der Waals surface area contributed by atoms with Gasteiger partial charge in [0.15, 0.2) is 0 Å². The van der Waals surface area contributed by atoms with E-state index in [-0.39, 0.29) is 0 Å². The molecule has 0 unspecified atom stereocenters. The Morgan fingerprint density at radius 2 is 0.429 bits per heavy atom. The molecule has 0 saturated heterocycles. The summed E-state index contributed by atoms with van der Waals surface area (Å²) in [5, 5.41) is 8.39. The van der Waals surface area contributed by atoms with E-state index in [4.69, 9.17) is 10.5 Å². The third kappa shape index (κ3) is 9.91. The first-order valence-electron chi connectivity index (χ1n) is 13.1. The average Bonchev–Trinajstić information content (AvgIpc) is 3.10. The van der Waals surface area contributed by atoms with E-state index >= 15 is 0 Å². The summed E-state index contributed by atoms with van der Waals surface area (Å²) in [5.41, 5.74) is 5.75. The minimum absolute atomic E-state index is 0.446. The van der Waals surface area contributed by atoms with E-state index in [1.54, 1.807) is 0 Å². The van der Waals surface area contributed by atoms with Crippen molar-refractivity contribution in [3.8, 4) is 0 Å². The van der Waals surface area contributed by atoms with Crippen LogP contribution < -0.4 is 31.8 Å². The molecule has 0 radical (unpaired) electrons. The van der Waals surface area contributed by atoms with E-state index in [0.29, 0.717) is 0 Å². The SMILES string of the molecule is [Cl][Ru+].[N-]=O.c1ccc(P(c2ccccc2)c2ccccc2)cc1.c1ccc(P(c2ccccc2)c2ccccc2)cc1. The quantitative estimate of drug-likeness (QED) is 0.129. The maximum Gasteiger partial charge on any atom is -0.0134 e. The molecule has 42 heavy (non-hydrogen) atoms. The number of nitrogens with zero attached hydrogens (tertiary/aromatic N) is 1. The van der Waals surface area contributed by atoms with Gasteiger partial charge in [-0.2, -0.15) is 0 Å². The molecule has 0 heterocycles. The van der Waals surface area contributed by atoms with E-state index in [1.165, 1.54) is 31.8 Å². The monoisotopic (exact) mass is 691 g/mol. The number of halogens is 1. The minimum atomic E-state index is -0.446. The van der Waals surface area contributed by atoms with Gasteiger partial charge in [0.1, 0.15) is 0 Å². The molecule has 2 nitrogen and oxygen atoms in total. The number of hydrogen-bond donors (Lipinski definition) is 0. The summed E-state index contributed by atoms with van der Waals surface area (Å²) in [4.78, 5) is 7.25. The zero-order valence-corrected chi connectivity index (χ0v) is 27.1. The molecular formula is C36H30ClNOP2Ru. The van der Waals surface area contributed by atoms with Crippen LogP contribution in [0.5, 0.6) is 0 Å². The molecule has 0 atom stereocenters. The van der Waals surface area contributed by atoms with Crippen LogP contribution in [0.3, 0.4) is 0 Å². The molecular weight excluding hydrogens is 661 g/mol. The summed E-state index contributed by atoms with van der Waals surface area (Å²) in [5.74, 6) is 0. The van der Waals surface area contributed by atoms with Crippen LogP contribution in [0.25, 0.3) is 5.59 Å². The van der Waals surface area contributed by atoms with Gasteiger partial charge in [-0.25, -0.2) is 0 Å². The van der Waals surface area contributed by atoms with Crippen molar-refractivity contribution in [3.63, 3.8) is 0 Å². The van der Waals surface area contributed by atoms with Crippen molar-refractivity contribution in [3.05, 3.63) is 192 Å². The zero-order chi connectivity index (χ0) is 29.8. The Bertz CT molecular complexity index is 1210. The fourth-order valence-corrected chi connectivity index (χ4v) is 8.97. The predicted molar refractivity (Wildman–Crippen MR) is 183 cm³/mol. The standard InChI is InChI=1S/2C18H15P.ClH.NO.Ru/c2*1-4-10-16(11-5-1)19(17-12-6-2-7-13-17)18-14-8-3-9-15-18;;1-2;/h2*1-15H;1H;;/q;;;-1;+2/p-1. The number of benzene rings is 6. The van der Waals surface area contributed by atoms with Gasteiger partial charge in [0.2, 0.25) is 0 Å². The van der Waals surface area contributed by atoms with Crippen LogP contribution in [0.15, 0.2) is 182 Å². The van der Waals surface area contributed by atoms with Crippen LogP contribution >= 0.6 is 25.5 Å². The fourth-order valence-electron chi connectivity index (χ4n) is 4.36. The molecule has 6 rings (SSSR count). The molecule has 0 aromatic heterocycles. The van der Waals surface area contributed by atoms with Gasteiger partial charge in [-0.15, -0.1) is 0 Å². The molecule has 210 valence electrons. The second-order valence-electron chi connectivity index (χ2n) is 8.68. The predicted octanol–water partition coefficient (Wildman–Crippen LogP) is 7.90. The normalized spacial score (nSPS) is 9.81. The first-order valence-corrected chi connectivity index (χ1v) is 18.0. The van der Waals surface area contributed by atoms with Gasteiger partial charge in [0.25, 0.3) is 0 Å². The fraction of sp³-hybridized carbons (Fsp3) is 0. The maximum absolute atomic E-state index is 7.25. The topological polar surface area (TPSA) is 39.4 Å². The van der Waals surface area contributed by atoms with Crippen LogP contribution in [-0.2, 0) is 17.3 Å². The number of rotatable bonds is 6. The molecule has 0 aliphatic carbocycles. The van der Waals surface area contributed by atoms with E-state index in [1.807, 2.05) is 17.3 Å². The van der Waals surface area contributed by atoms with E-state index in [2.05, 4.69) is 192 Å². The molecule has 6 aromatic rings. The zero-order valence-electron chi connectivity index (χ0n) is 22.8. The molecule has 0 saturated carbocycles. The summed E-state index contributed by atoms with van der Waals surface area (Å²) in [6.07, 6.45) is 0. The molecule has 6 aromatic carbocycles. The third-order valence-electron chi connectivity index (χ3n) is 6.09. The van der Waals surface area contributed by atoms with Crippen molar-refractivity contribution in [1.82, 2.24) is 0 Å². The Labute approximate surface area is 265 Å². The first kappa shape index (κ1) is 33.2. The van der Waals surface area contributed by atoms with Crippen LogP contribution in [0.1, 0.15) is 0 Å². The van der Waals surface area contributed by atoms with Crippen molar-refractivity contribution in [2.75, 3.05) is 0 Å². The Kier molecular flexibility index (Phi) is 15.6. The van der Waals surface area contributed by atoms with Crippen molar-refractivity contribution < 1.29 is 17.3 Å². The van der Waals surface area contributed by atoms with Crippen molar-refractivity contribution in [1.29, 1.82) is 0 Å². The Balaban J connectivity index is 0.000000206. The summed E-state index contributed by atoms with van der Waals surface area (Å²) >= 11 is 1.82. The Morgan fingerprint density at radius 1 is 0.310 bits per heavy atom. The van der Waals surface area contributed by atoms with Gasteiger partial charge < -0.3 is 10.5 Å². The molecule has 0 amide bonds. The minimum Gasteiger partial charge on any atom is -0.577 e. The summed E-state index contributed by atoms with van der Waals surface area (Å²) in [6, 6.07) is 64.7. The second kappa shape index (κ2) is 19.7. The largest absolute Gasteiger partial charge is 0.577 e. The molecule has 0 bridgehead atoms. The van der Waals surface area contributed by atoms with Crippen LogP contribution in [-0.4, -0.2) is 0 Å². The number of nitroso groups, excluding NO2 is 1.